The SMILES string of the molecule is Cc1ccc2c(c1)C(=O)N(C(C)C(=O)Nc1ccc(C(=O)N3CC(=O)Nc4ccccc43)cc1)C2=O. The number of fused-ring (bicyclic) bond motifs is 2. The molecule has 3 aromatic rings. The Morgan fingerprint density at radius 2 is 1.61 bits per heavy atom. The summed E-state index contributed by atoms with van der Waals surface area (Å²) in [6, 6.07) is 17.2. The number of carbonyl (C=O) groups excluding carboxylic acids is 5. The Hall–Kier alpha value is -4.79. The van der Waals surface area contributed by atoms with Gasteiger partial charge >= 0.3 is 0 Å². The molecular weight excluding hydrogens is 460 g/mol. The van der Waals surface area contributed by atoms with Crippen molar-refractivity contribution in [1.82, 2.24) is 4.90 Å². The number of hydrogen-bond donors (Lipinski definition) is 2. The third-order valence-electron chi connectivity index (χ3n) is 6.26. The number of amides is 5. The normalized spacial score (nSPS) is 15.2. The van der Waals surface area contributed by atoms with E-state index in [1.165, 1.54) is 11.8 Å². The maximum atomic E-state index is 13.1. The highest BCUT2D eigenvalue weighted by Crippen LogP contribution is 2.30. The Bertz CT molecular complexity index is 1450. The van der Waals surface area contributed by atoms with Crippen molar-refractivity contribution in [1.29, 1.82) is 0 Å². The molecule has 9 nitrogen and oxygen atoms in total. The molecule has 2 heterocycles. The largest absolute Gasteiger partial charge is 0.324 e. The van der Waals surface area contributed by atoms with E-state index >= 15 is 0 Å². The summed E-state index contributed by atoms with van der Waals surface area (Å²) in [5, 5.41) is 5.44. The number of rotatable bonds is 4. The number of benzene rings is 3. The predicted octanol–water partition coefficient (Wildman–Crippen LogP) is 3.22. The first-order chi connectivity index (χ1) is 17.2. The summed E-state index contributed by atoms with van der Waals surface area (Å²) in [5.74, 6) is -2.20. The zero-order chi connectivity index (χ0) is 25.6. The molecule has 5 rings (SSSR count). The fourth-order valence-corrected chi connectivity index (χ4v) is 4.36. The summed E-state index contributed by atoms with van der Waals surface area (Å²) in [6.45, 7) is 3.20. The molecule has 2 N–H and O–H groups in total. The van der Waals surface area contributed by atoms with Crippen molar-refractivity contribution in [3.8, 4) is 0 Å². The molecule has 0 radical (unpaired) electrons. The van der Waals surface area contributed by atoms with Crippen LogP contribution in [0.5, 0.6) is 0 Å². The molecule has 36 heavy (non-hydrogen) atoms. The second-order valence-electron chi connectivity index (χ2n) is 8.73. The Labute approximate surface area is 206 Å². The van der Waals surface area contributed by atoms with Crippen LogP contribution in [-0.2, 0) is 9.59 Å². The second-order valence-corrected chi connectivity index (χ2v) is 8.73. The van der Waals surface area contributed by atoms with Crippen LogP contribution in [0.2, 0.25) is 0 Å². The fourth-order valence-electron chi connectivity index (χ4n) is 4.36. The molecule has 0 aromatic heterocycles. The molecule has 9 heteroatoms. The summed E-state index contributed by atoms with van der Waals surface area (Å²) in [7, 11) is 0. The van der Waals surface area contributed by atoms with E-state index in [1.807, 2.05) is 6.92 Å². The molecule has 5 amide bonds. The van der Waals surface area contributed by atoms with Gasteiger partial charge in [-0.05, 0) is 62.4 Å². The lowest BCUT2D eigenvalue weighted by molar-refractivity contribution is -0.119. The van der Waals surface area contributed by atoms with E-state index in [0.717, 1.165) is 10.5 Å². The summed E-state index contributed by atoms with van der Waals surface area (Å²) in [5.41, 5.74) is 3.30. The minimum Gasteiger partial charge on any atom is -0.324 e. The molecule has 1 unspecified atom stereocenters. The first-order valence-corrected chi connectivity index (χ1v) is 11.3. The molecule has 2 aliphatic heterocycles. The summed E-state index contributed by atoms with van der Waals surface area (Å²) in [4.78, 5) is 65.9. The van der Waals surface area contributed by atoms with Gasteiger partial charge in [0, 0.05) is 11.3 Å². The summed E-state index contributed by atoms with van der Waals surface area (Å²) < 4.78 is 0. The van der Waals surface area contributed by atoms with Gasteiger partial charge in [-0.15, -0.1) is 0 Å². The first kappa shape index (κ1) is 23.0. The molecule has 0 saturated heterocycles. The number of aryl methyl sites for hydroxylation is 1. The van der Waals surface area contributed by atoms with Gasteiger partial charge < -0.3 is 10.6 Å². The molecule has 0 bridgehead atoms. The van der Waals surface area contributed by atoms with Crippen molar-refractivity contribution in [2.24, 2.45) is 0 Å². The van der Waals surface area contributed by atoms with Gasteiger partial charge in [0.05, 0.1) is 22.5 Å². The summed E-state index contributed by atoms with van der Waals surface area (Å²) in [6.07, 6.45) is 0. The third-order valence-corrected chi connectivity index (χ3v) is 6.26. The van der Waals surface area contributed by atoms with Crippen LogP contribution < -0.4 is 15.5 Å². The standard InChI is InChI=1S/C27H22N4O5/c1-15-7-12-19-20(13-15)27(36)31(26(19)35)16(2)24(33)28-18-10-8-17(9-11-18)25(34)30-14-23(32)29-21-5-3-4-6-22(21)30/h3-13,16H,14H2,1-2H3,(H,28,33)(H,29,32). The van der Waals surface area contributed by atoms with Gasteiger partial charge in [0.15, 0.2) is 0 Å². The maximum Gasteiger partial charge on any atom is 0.262 e. The van der Waals surface area contributed by atoms with Crippen LogP contribution in [0.15, 0.2) is 66.7 Å². The third kappa shape index (κ3) is 3.90. The lowest BCUT2D eigenvalue weighted by Gasteiger charge is -2.29. The van der Waals surface area contributed by atoms with E-state index < -0.39 is 23.8 Å². The number of para-hydroxylation sites is 2. The van der Waals surface area contributed by atoms with Gasteiger partial charge in [0.25, 0.3) is 17.7 Å². The molecule has 0 spiro atoms. The molecule has 0 aliphatic carbocycles. The molecule has 3 aromatic carbocycles. The van der Waals surface area contributed by atoms with Crippen LogP contribution in [0.4, 0.5) is 17.1 Å². The van der Waals surface area contributed by atoms with Crippen molar-refractivity contribution < 1.29 is 24.0 Å². The lowest BCUT2D eigenvalue weighted by Crippen LogP contribution is -2.45. The minimum absolute atomic E-state index is 0.106. The molecule has 0 saturated carbocycles. The van der Waals surface area contributed by atoms with E-state index in [9.17, 15) is 24.0 Å². The van der Waals surface area contributed by atoms with E-state index in [0.29, 0.717) is 22.6 Å². The smallest absolute Gasteiger partial charge is 0.262 e. The van der Waals surface area contributed by atoms with Crippen LogP contribution in [-0.4, -0.2) is 47.0 Å². The predicted molar refractivity (Wildman–Crippen MR) is 133 cm³/mol. The number of anilines is 3. The average Bonchev–Trinajstić information content (AvgIpc) is 3.11. The second kappa shape index (κ2) is 8.77. The van der Waals surface area contributed by atoms with Gasteiger partial charge in [-0.3, -0.25) is 33.8 Å². The topological polar surface area (TPSA) is 116 Å². The van der Waals surface area contributed by atoms with Crippen LogP contribution in [0.25, 0.3) is 0 Å². The lowest BCUT2D eigenvalue weighted by atomic mass is 10.1. The van der Waals surface area contributed by atoms with E-state index in [2.05, 4.69) is 10.6 Å². The van der Waals surface area contributed by atoms with Gasteiger partial charge in [-0.25, -0.2) is 0 Å². The highest BCUT2D eigenvalue weighted by atomic mass is 16.2. The van der Waals surface area contributed by atoms with E-state index in [-0.39, 0.29) is 29.5 Å². The molecule has 180 valence electrons. The first-order valence-electron chi connectivity index (χ1n) is 11.3. The number of nitrogens with zero attached hydrogens (tertiary/aromatic N) is 2. The van der Waals surface area contributed by atoms with Crippen molar-refractivity contribution in [2.75, 3.05) is 22.1 Å². The van der Waals surface area contributed by atoms with Gasteiger partial charge in [0.2, 0.25) is 11.8 Å². The zero-order valence-corrected chi connectivity index (χ0v) is 19.6. The van der Waals surface area contributed by atoms with Crippen molar-refractivity contribution >= 4 is 46.6 Å². The van der Waals surface area contributed by atoms with Crippen LogP contribution in [0.3, 0.4) is 0 Å². The van der Waals surface area contributed by atoms with Crippen molar-refractivity contribution in [3.63, 3.8) is 0 Å². The number of hydrogen-bond acceptors (Lipinski definition) is 5. The number of carbonyl (C=O) groups is 5. The molecular formula is C27H22N4O5. The van der Waals surface area contributed by atoms with Crippen molar-refractivity contribution in [3.05, 3.63) is 89.0 Å². The Kier molecular flexibility index (Phi) is 5.60. The van der Waals surface area contributed by atoms with Crippen LogP contribution >= 0.6 is 0 Å². The zero-order valence-electron chi connectivity index (χ0n) is 19.6. The summed E-state index contributed by atoms with van der Waals surface area (Å²) >= 11 is 0. The molecule has 1 atom stereocenters. The fraction of sp³-hybridized carbons (Fsp3) is 0.148. The Balaban J connectivity index is 1.29. The van der Waals surface area contributed by atoms with E-state index in [4.69, 9.17) is 0 Å². The maximum absolute atomic E-state index is 13.1. The monoisotopic (exact) mass is 482 g/mol. The van der Waals surface area contributed by atoms with Gasteiger partial charge in [-0.2, -0.15) is 0 Å². The highest BCUT2D eigenvalue weighted by Gasteiger charge is 2.40. The highest BCUT2D eigenvalue weighted by molar-refractivity contribution is 6.23. The quantitative estimate of drug-likeness (QED) is 0.554. The van der Waals surface area contributed by atoms with Gasteiger partial charge in [-0.1, -0.05) is 23.8 Å². The molecule has 0 fully saturated rings. The number of imide groups is 1. The number of nitrogens with one attached hydrogen (secondary N) is 2. The Morgan fingerprint density at radius 3 is 2.36 bits per heavy atom. The average molecular weight is 482 g/mol. The molecule has 2 aliphatic rings. The van der Waals surface area contributed by atoms with Crippen molar-refractivity contribution in [2.45, 2.75) is 19.9 Å². The van der Waals surface area contributed by atoms with E-state index in [1.54, 1.807) is 66.7 Å². The van der Waals surface area contributed by atoms with Crippen LogP contribution in [0, 0.1) is 6.92 Å². The Morgan fingerprint density at radius 1 is 0.917 bits per heavy atom. The minimum atomic E-state index is -1.04. The van der Waals surface area contributed by atoms with Gasteiger partial charge in [0.1, 0.15) is 12.6 Å². The van der Waals surface area contributed by atoms with Crippen LogP contribution in [0.1, 0.15) is 43.6 Å².